The minimum Gasteiger partial charge on any atom is -0.386 e. The fraction of sp³-hybridized carbons (Fsp3) is 0.600. The summed E-state index contributed by atoms with van der Waals surface area (Å²) in [6.45, 7) is 6.46. The van der Waals surface area contributed by atoms with Gasteiger partial charge in [0.2, 0.25) is 0 Å². The molecule has 0 aliphatic heterocycles. The molecule has 2 unspecified atom stereocenters. The Balaban J connectivity index is 3.07. The first-order valence-electron chi connectivity index (χ1n) is 4.21. The topological polar surface area (TPSA) is 20.2 Å². The monoisotopic (exact) mass is 404 g/mol. The Labute approximate surface area is 107 Å². The van der Waals surface area contributed by atoms with Gasteiger partial charge < -0.3 is 5.11 Å². The van der Waals surface area contributed by atoms with E-state index in [4.69, 9.17) is 0 Å². The molecule has 0 fully saturated rings. The molecule has 3 heteroatoms. The lowest BCUT2D eigenvalue weighted by molar-refractivity contribution is 0.139. The second kappa shape index (κ2) is 3.81. The second-order valence-corrected chi connectivity index (χ2v) is 7.36. The molecule has 1 aliphatic carbocycles. The normalized spacial score (nSPS) is 34.6. The lowest BCUT2D eigenvalue weighted by atomic mass is 9.75. The Bertz CT molecular complexity index is 263. The third-order valence-corrected chi connectivity index (χ3v) is 5.92. The predicted octanol–water partition coefficient (Wildman–Crippen LogP) is 3.46. The summed E-state index contributed by atoms with van der Waals surface area (Å²) in [6.07, 6.45) is 5.72. The molecular weight excluding hydrogens is 390 g/mol. The summed E-state index contributed by atoms with van der Waals surface area (Å²) in [4.78, 5) is 0. The van der Waals surface area contributed by atoms with Gasteiger partial charge in [0, 0.05) is 3.58 Å². The zero-order valence-corrected chi connectivity index (χ0v) is 12.3. The zero-order valence-electron chi connectivity index (χ0n) is 8.01. The van der Waals surface area contributed by atoms with Gasteiger partial charge in [-0.15, -0.1) is 0 Å². The Morgan fingerprint density at radius 3 is 2.38 bits per heavy atom. The molecule has 1 N–H and O–H groups in total. The van der Waals surface area contributed by atoms with E-state index in [0.717, 1.165) is 3.58 Å². The van der Waals surface area contributed by atoms with E-state index in [2.05, 4.69) is 72.0 Å². The number of alkyl halides is 1. The quantitative estimate of drug-likeness (QED) is 0.485. The molecule has 0 aromatic heterocycles. The summed E-state index contributed by atoms with van der Waals surface area (Å²) < 4.78 is 0.833. The lowest BCUT2D eigenvalue weighted by Crippen LogP contribution is -2.46. The van der Waals surface area contributed by atoms with Gasteiger partial charge in [0.05, 0.1) is 3.42 Å². The molecule has 2 atom stereocenters. The molecule has 0 saturated carbocycles. The largest absolute Gasteiger partial charge is 0.386 e. The number of hydrogen-bond donors (Lipinski definition) is 1. The van der Waals surface area contributed by atoms with Gasteiger partial charge in [0.1, 0.15) is 6.10 Å². The highest BCUT2D eigenvalue weighted by Gasteiger charge is 2.45. The van der Waals surface area contributed by atoms with Gasteiger partial charge in [-0.1, -0.05) is 61.6 Å². The molecule has 74 valence electrons. The molecule has 0 radical (unpaired) electrons. The first kappa shape index (κ1) is 12.0. The molecule has 0 aromatic carbocycles. The van der Waals surface area contributed by atoms with Crippen LogP contribution < -0.4 is 0 Å². The van der Waals surface area contributed by atoms with Gasteiger partial charge >= 0.3 is 0 Å². The highest BCUT2D eigenvalue weighted by molar-refractivity contribution is 14.1. The highest BCUT2D eigenvalue weighted by atomic mass is 127. The van der Waals surface area contributed by atoms with Crippen molar-refractivity contribution in [3.8, 4) is 0 Å². The van der Waals surface area contributed by atoms with E-state index in [-0.39, 0.29) is 14.9 Å². The average Bonchev–Trinajstić information content (AvgIpc) is 1.98. The van der Waals surface area contributed by atoms with Crippen molar-refractivity contribution in [1.29, 1.82) is 0 Å². The van der Waals surface area contributed by atoms with Crippen molar-refractivity contribution in [1.82, 2.24) is 0 Å². The van der Waals surface area contributed by atoms with Gasteiger partial charge in [-0.25, -0.2) is 0 Å². The third-order valence-electron chi connectivity index (χ3n) is 2.40. The van der Waals surface area contributed by atoms with Crippen molar-refractivity contribution >= 4 is 45.2 Å². The Hall–Kier alpha value is 0.900. The Morgan fingerprint density at radius 1 is 1.46 bits per heavy atom. The molecular formula is C10H14I2O. The maximum Gasteiger partial charge on any atom is 0.103 e. The third kappa shape index (κ3) is 2.12. The number of allylic oxidation sites excluding steroid dienone is 2. The van der Waals surface area contributed by atoms with Crippen molar-refractivity contribution in [3.63, 3.8) is 0 Å². The molecule has 0 spiro atoms. The fourth-order valence-electron chi connectivity index (χ4n) is 1.32. The van der Waals surface area contributed by atoms with E-state index in [9.17, 15) is 5.11 Å². The predicted molar refractivity (Wildman–Crippen MR) is 73.5 cm³/mol. The van der Waals surface area contributed by atoms with Crippen LogP contribution in [0.1, 0.15) is 20.8 Å². The van der Waals surface area contributed by atoms with Crippen molar-refractivity contribution in [3.05, 3.63) is 21.8 Å². The lowest BCUT2D eigenvalue weighted by Gasteiger charge is -2.42. The van der Waals surface area contributed by atoms with Crippen LogP contribution in [0.2, 0.25) is 0 Å². The van der Waals surface area contributed by atoms with Gasteiger partial charge in [0.15, 0.2) is 0 Å². The Kier molecular flexibility index (Phi) is 3.51. The first-order chi connectivity index (χ1) is 5.79. The van der Waals surface area contributed by atoms with Gasteiger partial charge in [0.25, 0.3) is 0 Å². The molecule has 0 aromatic rings. The summed E-state index contributed by atoms with van der Waals surface area (Å²) in [7, 11) is 0. The van der Waals surface area contributed by atoms with Crippen LogP contribution in [0.5, 0.6) is 0 Å². The minimum atomic E-state index is -0.376. The van der Waals surface area contributed by atoms with Crippen molar-refractivity contribution in [2.24, 2.45) is 5.41 Å². The molecule has 1 aliphatic rings. The second-order valence-electron chi connectivity index (χ2n) is 4.33. The average molecular weight is 404 g/mol. The van der Waals surface area contributed by atoms with Crippen molar-refractivity contribution < 1.29 is 5.11 Å². The molecule has 0 heterocycles. The molecule has 0 saturated heterocycles. The van der Waals surface area contributed by atoms with Crippen LogP contribution in [-0.2, 0) is 0 Å². The van der Waals surface area contributed by atoms with Crippen LogP contribution in [0, 0.1) is 5.41 Å². The molecule has 13 heavy (non-hydrogen) atoms. The summed E-state index contributed by atoms with van der Waals surface area (Å²) in [5, 5.41) is 10.1. The molecule has 1 rings (SSSR count). The summed E-state index contributed by atoms with van der Waals surface area (Å²) in [6, 6.07) is 0. The van der Waals surface area contributed by atoms with Crippen LogP contribution in [0.3, 0.4) is 0 Å². The first-order valence-corrected chi connectivity index (χ1v) is 6.37. The zero-order chi connectivity index (χ0) is 10.3. The van der Waals surface area contributed by atoms with Crippen molar-refractivity contribution in [2.75, 3.05) is 0 Å². The smallest absolute Gasteiger partial charge is 0.103 e. The maximum absolute atomic E-state index is 10.1. The molecule has 0 bridgehead atoms. The maximum atomic E-state index is 10.1. The van der Waals surface area contributed by atoms with E-state index in [0.29, 0.717) is 0 Å². The molecule has 1 nitrogen and oxygen atoms in total. The van der Waals surface area contributed by atoms with Crippen LogP contribution in [0.25, 0.3) is 0 Å². The number of rotatable bonds is 0. The Morgan fingerprint density at radius 2 is 2.00 bits per heavy atom. The summed E-state index contributed by atoms with van der Waals surface area (Å²) in [5.74, 6) is 0. The fourth-order valence-corrected chi connectivity index (χ4v) is 3.16. The SMILES string of the molecule is CC(C)(C)C1(I)C=CC=C(I)C1O. The van der Waals surface area contributed by atoms with Gasteiger partial charge in [-0.3, -0.25) is 0 Å². The van der Waals surface area contributed by atoms with Gasteiger partial charge in [-0.2, -0.15) is 0 Å². The number of hydrogen-bond acceptors (Lipinski definition) is 1. The van der Waals surface area contributed by atoms with Gasteiger partial charge in [-0.05, 0) is 28.0 Å². The minimum absolute atomic E-state index is 0.0636. The van der Waals surface area contributed by atoms with E-state index in [1.54, 1.807) is 0 Å². The van der Waals surface area contributed by atoms with E-state index >= 15 is 0 Å². The highest BCUT2D eigenvalue weighted by Crippen LogP contribution is 2.47. The number of aliphatic hydroxyl groups excluding tert-OH is 1. The van der Waals surface area contributed by atoms with E-state index in [1.807, 2.05) is 12.2 Å². The number of halogens is 2. The summed E-state index contributed by atoms with van der Waals surface area (Å²) >= 11 is 4.56. The van der Waals surface area contributed by atoms with Crippen LogP contribution >= 0.6 is 45.2 Å². The van der Waals surface area contributed by atoms with Crippen LogP contribution in [0.4, 0.5) is 0 Å². The number of aliphatic hydroxyl groups is 1. The van der Waals surface area contributed by atoms with Crippen molar-refractivity contribution in [2.45, 2.75) is 30.3 Å². The van der Waals surface area contributed by atoms with E-state index in [1.165, 1.54) is 0 Å². The standard InChI is InChI=1S/C10H14I2O/c1-9(2,3)10(12)6-4-5-7(11)8(10)13/h4-6,8,13H,1-3H3. The van der Waals surface area contributed by atoms with Crippen LogP contribution in [0.15, 0.2) is 21.8 Å². The summed E-state index contributed by atoms with van der Waals surface area (Å²) in [5.41, 5.74) is 0.0636. The molecule has 0 amide bonds. The van der Waals surface area contributed by atoms with Crippen LogP contribution in [-0.4, -0.2) is 14.6 Å². The van der Waals surface area contributed by atoms with E-state index < -0.39 is 0 Å².